The van der Waals surface area contributed by atoms with Crippen LogP contribution in [0.5, 0.6) is 0 Å². The number of nitrogen functional groups attached to an aromatic ring is 3. The van der Waals surface area contributed by atoms with E-state index in [0.29, 0.717) is 0 Å². The molecule has 6 N–H and O–H groups in total. The van der Waals surface area contributed by atoms with Gasteiger partial charge in [0.05, 0.1) is 0 Å². The van der Waals surface area contributed by atoms with Crippen LogP contribution in [0.3, 0.4) is 0 Å². The highest BCUT2D eigenvalue weighted by molar-refractivity contribution is 5.32. The molecule has 2 heterocycles. The lowest BCUT2D eigenvalue weighted by molar-refractivity contribution is 0.781. The van der Waals surface area contributed by atoms with Gasteiger partial charge in [-0.15, -0.1) is 15.3 Å². The quantitative estimate of drug-likeness (QED) is 0.421. The van der Waals surface area contributed by atoms with Crippen molar-refractivity contribution in [1.29, 1.82) is 0 Å². The maximum Gasteiger partial charge on any atom is 0.273 e. The van der Waals surface area contributed by atoms with Crippen LogP contribution in [0, 0.1) is 0 Å². The molecule has 0 spiro atoms. The molecule has 0 aliphatic rings. The van der Waals surface area contributed by atoms with Gasteiger partial charge < -0.3 is 17.3 Å². The van der Waals surface area contributed by atoms with E-state index in [1.807, 2.05) is 0 Å². The molecule has 2 aromatic heterocycles. The number of hydrogen-bond acceptors (Lipinski definition) is 7. The van der Waals surface area contributed by atoms with Gasteiger partial charge in [0.2, 0.25) is 11.9 Å². The second-order valence-electron chi connectivity index (χ2n) is 2.28. The van der Waals surface area contributed by atoms with E-state index in [9.17, 15) is 0 Å². The molecule has 9 nitrogen and oxygen atoms in total. The van der Waals surface area contributed by atoms with Crippen LogP contribution in [-0.4, -0.2) is 29.6 Å². The van der Waals surface area contributed by atoms with Crippen molar-refractivity contribution in [3.05, 3.63) is 6.33 Å². The maximum atomic E-state index is 5.47. The Balaban J connectivity index is 2.58. The molecule has 0 fully saturated rings. The van der Waals surface area contributed by atoms with Gasteiger partial charge in [0.15, 0.2) is 0 Å². The van der Waals surface area contributed by atoms with E-state index in [-0.39, 0.29) is 17.8 Å². The second kappa shape index (κ2) is 2.33. The Bertz CT molecular complexity index is 425. The molecule has 0 bridgehead atoms. The van der Waals surface area contributed by atoms with E-state index in [4.69, 9.17) is 17.3 Å². The molecule has 2 aromatic rings. The molecule has 0 aromatic carbocycles. The highest BCUT2D eigenvalue weighted by Crippen LogP contribution is 2.06. The minimum Gasteiger partial charge on any atom is -0.368 e. The lowest BCUT2D eigenvalue weighted by Gasteiger charge is -1.98. The summed E-state index contributed by atoms with van der Waals surface area (Å²) in [6.07, 6.45) is 1.31. The van der Waals surface area contributed by atoms with Gasteiger partial charge in [0.25, 0.3) is 5.95 Å². The van der Waals surface area contributed by atoms with Crippen LogP contribution >= 0.6 is 0 Å². The second-order valence-corrected chi connectivity index (χ2v) is 2.28. The molecule has 0 saturated carbocycles. The van der Waals surface area contributed by atoms with Crippen LogP contribution in [-0.2, 0) is 0 Å². The Hall–Kier alpha value is -2.32. The van der Waals surface area contributed by atoms with Crippen molar-refractivity contribution in [2.45, 2.75) is 0 Å². The number of hydrogen-bond donors (Lipinski definition) is 3. The third kappa shape index (κ3) is 1.02. The number of nitrogens with zero attached hydrogens (tertiary/aromatic N) is 6. The third-order valence-corrected chi connectivity index (χ3v) is 1.39. The SMILES string of the molecule is Nc1nc(N)n(-c2nncn2N)n1. The van der Waals surface area contributed by atoms with Gasteiger partial charge in [-0.05, 0) is 0 Å². The lowest BCUT2D eigenvalue weighted by atomic mass is 10.9. The summed E-state index contributed by atoms with van der Waals surface area (Å²) in [6.45, 7) is 0. The summed E-state index contributed by atoms with van der Waals surface area (Å²) < 4.78 is 2.35. The summed E-state index contributed by atoms with van der Waals surface area (Å²) in [7, 11) is 0. The predicted octanol–water partition coefficient (Wildman–Crippen LogP) is -2.26. The lowest BCUT2D eigenvalue weighted by Crippen LogP contribution is -2.15. The zero-order valence-electron chi connectivity index (χ0n) is 6.49. The van der Waals surface area contributed by atoms with Gasteiger partial charge in [0, 0.05) is 0 Å². The van der Waals surface area contributed by atoms with Gasteiger partial charge in [-0.3, -0.25) is 0 Å². The van der Waals surface area contributed by atoms with Gasteiger partial charge in [-0.1, -0.05) is 0 Å². The molecular formula is C4H7N9. The van der Waals surface area contributed by atoms with Crippen molar-refractivity contribution in [1.82, 2.24) is 29.6 Å². The highest BCUT2D eigenvalue weighted by Gasteiger charge is 2.10. The van der Waals surface area contributed by atoms with Gasteiger partial charge in [-0.2, -0.15) is 9.67 Å². The zero-order chi connectivity index (χ0) is 9.42. The standard InChI is InChI=1S/C4H7N9/c5-2-9-3(6)13(11-2)4-10-8-1-12(4)7/h1H,7H2,(H4,5,6,9,11). The van der Waals surface area contributed by atoms with Crippen LogP contribution < -0.4 is 17.3 Å². The summed E-state index contributed by atoms with van der Waals surface area (Å²) >= 11 is 0. The average Bonchev–Trinajstić information content (AvgIpc) is 2.58. The van der Waals surface area contributed by atoms with E-state index in [0.717, 1.165) is 4.68 Å². The number of aromatic nitrogens is 6. The predicted molar refractivity (Wildman–Crippen MR) is 43.9 cm³/mol. The minimum absolute atomic E-state index is 0.0560. The molecule has 68 valence electrons. The van der Waals surface area contributed by atoms with Crippen molar-refractivity contribution < 1.29 is 0 Å². The first-order chi connectivity index (χ1) is 6.18. The summed E-state index contributed by atoms with van der Waals surface area (Å²) in [5.74, 6) is 5.87. The van der Waals surface area contributed by atoms with Crippen LogP contribution in [0.15, 0.2) is 6.33 Å². The van der Waals surface area contributed by atoms with E-state index in [2.05, 4.69) is 20.3 Å². The molecule has 0 aliphatic carbocycles. The van der Waals surface area contributed by atoms with Crippen LogP contribution in [0.4, 0.5) is 11.9 Å². The van der Waals surface area contributed by atoms with E-state index in [1.165, 1.54) is 11.0 Å². The van der Waals surface area contributed by atoms with E-state index < -0.39 is 0 Å². The number of rotatable bonds is 1. The highest BCUT2D eigenvalue weighted by atomic mass is 15.5. The molecule has 2 rings (SSSR count). The topological polar surface area (TPSA) is 139 Å². The first-order valence-electron chi connectivity index (χ1n) is 3.32. The summed E-state index contributed by atoms with van der Waals surface area (Å²) in [6, 6.07) is 0. The normalized spacial score (nSPS) is 10.5. The van der Waals surface area contributed by atoms with Crippen molar-refractivity contribution in [3.63, 3.8) is 0 Å². The average molecular weight is 181 g/mol. The Morgan fingerprint density at radius 1 is 1.31 bits per heavy atom. The van der Waals surface area contributed by atoms with Crippen molar-refractivity contribution >= 4 is 11.9 Å². The maximum absolute atomic E-state index is 5.47. The molecule has 0 unspecified atom stereocenters. The third-order valence-electron chi connectivity index (χ3n) is 1.39. The summed E-state index contributed by atoms with van der Waals surface area (Å²) in [5.41, 5.74) is 10.8. The van der Waals surface area contributed by atoms with E-state index in [1.54, 1.807) is 0 Å². The minimum atomic E-state index is 0.0560. The molecule has 0 radical (unpaired) electrons. The fraction of sp³-hybridized carbons (Fsp3) is 0. The van der Waals surface area contributed by atoms with Gasteiger partial charge in [0.1, 0.15) is 6.33 Å². The smallest absolute Gasteiger partial charge is 0.273 e. The van der Waals surface area contributed by atoms with Crippen LogP contribution in [0.2, 0.25) is 0 Å². The Morgan fingerprint density at radius 2 is 2.08 bits per heavy atom. The first kappa shape index (κ1) is 7.34. The fourth-order valence-electron chi connectivity index (χ4n) is 0.876. The Morgan fingerprint density at radius 3 is 2.54 bits per heavy atom. The van der Waals surface area contributed by atoms with Crippen molar-refractivity contribution in [2.75, 3.05) is 17.3 Å². The largest absolute Gasteiger partial charge is 0.368 e. The monoisotopic (exact) mass is 181 g/mol. The van der Waals surface area contributed by atoms with E-state index >= 15 is 0 Å². The Kier molecular flexibility index (Phi) is 1.32. The summed E-state index contributed by atoms with van der Waals surface area (Å²) in [5, 5.41) is 11.0. The van der Waals surface area contributed by atoms with Crippen molar-refractivity contribution in [3.8, 4) is 5.95 Å². The fourth-order valence-corrected chi connectivity index (χ4v) is 0.876. The molecule has 0 atom stereocenters. The van der Waals surface area contributed by atoms with Gasteiger partial charge >= 0.3 is 0 Å². The molecular weight excluding hydrogens is 174 g/mol. The zero-order valence-corrected chi connectivity index (χ0v) is 6.49. The van der Waals surface area contributed by atoms with Crippen molar-refractivity contribution in [2.24, 2.45) is 0 Å². The first-order valence-corrected chi connectivity index (χ1v) is 3.32. The molecule has 9 heteroatoms. The molecule has 0 saturated heterocycles. The molecule has 0 aliphatic heterocycles. The van der Waals surface area contributed by atoms with Gasteiger partial charge in [-0.25, -0.2) is 4.68 Å². The number of nitrogens with two attached hydrogens (primary N) is 3. The van der Waals surface area contributed by atoms with Crippen LogP contribution in [0.25, 0.3) is 5.95 Å². The van der Waals surface area contributed by atoms with Crippen LogP contribution in [0.1, 0.15) is 0 Å². The molecule has 0 amide bonds. The summed E-state index contributed by atoms with van der Waals surface area (Å²) in [4.78, 5) is 3.68. The molecule has 13 heavy (non-hydrogen) atoms. The number of anilines is 2. The Labute approximate surface area is 72.1 Å².